The van der Waals surface area contributed by atoms with Gasteiger partial charge in [-0.3, -0.25) is 14.4 Å². The van der Waals surface area contributed by atoms with Gasteiger partial charge in [0.1, 0.15) is 10.7 Å². The van der Waals surface area contributed by atoms with Crippen molar-refractivity contribution in [2.24, 2.45) is 7.05 Å². The third-order valence-corrected chi connectivity index (χ3v) is 12.8. The van der Waals surface area contributed by atoms with Gasteiger partial charge in [0, 0.05) is 17.6 Å². The third-order valence-electron chi connectivity index (χ3n) is 6.20. The number of aryl methyl sites for hydroxylation is 1. The highest BCUT2D eigenvalue weighted by atomic mass is 79.9. The summed E-state index contributed by atoms with van der Waals surface area (Å²) in [6.07, 6.45) is -0.244. The molecule has 0 aliphatic rings. The van der Waals surface area contributed by atoms with E-state index in [0.717, 1.165) is 21.9 Å². The van der Waals surface area contributed by atoms with Crippen LogP contribution >= 0.6 is 38.9 Å². The lowest BCUT2D eigenvalue weighted by atomic mass is 10.2. The van der Waals surface area contributed by atoms with Crippen LogP contribution in [-0.4, -0.2) is 31.5 Å². The van der Waals surface area contributed by atoms with Crippen LogP contribution in [0.5, 0.6) is 0 Å². The maximum absolute atomic E-state index is 14.7. The highest BCUT2D eigenvalue weighted by Gasteiger charge is 2.38. The monoisotopic (exact) mass is 617 g/mol. The number of benzene rings is 1. The number of thiophene rings is 1. The molecule has 36 heavy (non-hydrogen) atoms. The Hall–Kier alpha value is -1.76. The van der Waals surface area contributed by atoms with E-state index < -0.39 is 25.6 Å². The van der Waals surface area contributed by atoms with E-state index in [-0.39, 0.29) is 38.5 Å². The Bertz CT molecular complexity index is 1360. The van der Waals surface area contributed by atoms with Crippen LogP contribution in [-0.2, 0) is 16.3 Å². The molecule has 0 aliphatic carbocycles. The molecule has 2 N–H and O–H groups in total. The lowest BCUT2D eigenvalue weighted by molar-refractivity contribution is -0.00317. The number of hydrogen-bond acceptors (Lipinski definition) is 6. The number of nitrogens with one attached hydrogen (secondary N) is 2. The van der Waals surface area contributed by atoms with Crippen molar-refractivity contribution in [1.82, 2.24) is 10.0 Å². The van der Waals surface area contributed by atoms with Crippen LogP contribution in [0.4, 0.5) is 15.8 Å². The standard InChI is InChI=1S/C24H30BrClFN3O4SSi/c1-13(34-36(6,7)24(2,3)4)12-33-29-23(32)22-19(28-17-9-8-14(25)10-15(17)26)20-21(35-22)16(27)11-18(31)30(20)5/h8-11,13,28H,12H2,1-7H3,(H,29,32)/t13-/m0/s1. The van der Waals surface area contributed by atoms with E-state index in [1.807, 2.05) is 6.92 Å². The fourth-order valence-electron chi connectivity index (χ4n) is 3.27. The molecule has 196 valence electrons. The van der Waals surface area contributed by atoms with Crippen LogP contribution in [0.1, 0.15) is 37.4 Å². The Balaban J connectivity index is 1.89. The Morgan fingerprint density at radius 1 is 1.31 bits per heavy atom. The molecule has 12 heteroatoms. The van der Waals surface area contributed by atoms with E-state index >= 15 is 0 Å². The number of anilines is 2. The van der Waals surface area contributed by atoms with Crippen LogP contribution in [0.2, 0.25) is 23.2 Å². The minimum Gasteiger partial charge on any atom is -0.412 e. The van der Waals surface area contributed by atoms with Crippen molar-refractivity contribution in [2.75, 3.05) is 11.9 Å². The van der Waals surface area contributed by atoms with E-state index in [1.165, 1.54) is 11.6 Å². The molecule has 2 aromatic heterocycles. The molecule has 3 rings (SSSR count). The second kappa shape index (κ2) is 10.9. The Morgan fingerprint density at radius 3 is 2.58 bits per heavy atom. The second-order valence-corrected chi connectivity index (χ2v) is 17.2. The van der Waals surface area contributed by atoms with Gasteiger partial charge in [0.25, 0.3) is 11.5 Å². The van der Waals surface area contributed by atoms with Gasteiger partial charge in [0.05, 0.1) is 39.3 Å². The van der Waals surface area contributed by atoms with Crippen molar-refractivity contribution in [2.45, 2.75) is 51.9 Å². The number of hydrogen-bond donors (Lipinski definition) is 2. The maximum atomic E-state index is 14.7. The molecule has 2 heterocycles. The van der Waals surface area contributed by atoms with Gasteiger partial charge in [-0.2, -0.15) is 0 Å². The number of rotatable bonds is 8. The minimum absolute atomic E-state index is 0.0382. The zero-order valence-corrected chi connectivity index (χ0v) is 25.4. The summed E-state index contributed by atoms with van der Waals surface area (Å²) < 4.78 is 23.2. The van der Waals surface area contributed by atoms with Crippen molar-refractivity contribution in [1.29, 1.82) is 0 Å². The molecule has 1 amide bonds. The van der Waals surface area contributed by atoms with Gasteiger partial charge < -0.3 is 14.3 Å². The molecule has 1 aromatic carbocycles. The Morgan fingerprint density at radius 2 is 1.97 bits per heavy atom. The number of halogens is 3. The molecule has 0 saturated carbocycles. The van der Waals surface area contributed by atoms with E-state index in [9.17, 15) is 14.0 Å². The highest BCUT2D eigenvalue weighted by Crippen LogP contribution is 2.40. The van der Waals surface area contributed by atoms with Gasteiger partial charge in [-0.15, -0.1) is 11.3 Å². The fourth-order valence-corrected chi connectivity index (χ4v) is 6.50. The molecular formula is C24H30BrClFN3O4SSi. The van der Waals surface area contributed by atoms with Crippen molar-refractivity contribution in [3.63, 3.8) is 0 Å². The Labute approximate surface area is 228 Å². The largest absolute Gasteiger partial charge is 0.412 e. The molecule has 7 nitrogen and oxygen atoms in total. The van der Waals surface area contributed by atoms with Crippen LogP contribution in [0.3, 0.4) is 0 Å². The van der Waals surface area contributed by atoms with Gasteiger partial charge in [-0.1, -0.05) is 48.3 Å². The number of pyridine rings is 1. The number of amides is 1. The zero-order valence-electron chi connectivity index (χ0n) is 21.2. The van der Waals surface area contributed by atoms with Crippen LogP contribution in [0, 0.1) is 5.82 Å². The van der Waals surface area contributed by atoms with Crippen molar-refractivity contribution in [3.8, 4) is 0 Å². The predicted molar refractivity (Wildman–Crippen MR) is 151 cm³/mol. The number of nitrogens with zero attached hydrogens (tertiary/aromatic N) is 1. The Kier molecular flexibility index (Phi) is 8.74. The summed E-state index contributed by atoms with van der Waals surface area (Å²) in [5, 5.41) is 3.53. The molecule has 1 atom stereocenters. The van der Waals surface area contributed by atoms with E-state index in [0.29, 0.717) is 10.7 Å². The maximum Gasteiger partial charge on any atom is 0.287 e. The van der Waals surface area contributed by atoms with Crippen LogP contribution < -0.4 is 16.4 Å². The summed E-state index contributed by atoms with van der Waals surface area (Å²) in [5.74, 6) is -1.29. The first kappa shape index (κ1) is 28.8. The van der Waals surface area contributed by atoms with Gasteiger partial charge in [0.2, 0.25) is 0 Å². The highest BCUT2D eigenvalue weighted by molar-refractivity contribution is 9.10. The molecule has 0 spiro atoms. The first-order chi connectivity index (χ1) is 16.6. The van der Waals surface area contributed by atoms with Gasteiger partial charge in [-0.25, -0.2) is 9.87 Å². The van der Waals surface area contributed by atoms with Gasteiger partial charge in [0.15, 0.2) is 8.32 Å². The summed E-state index contributed by atoms with van der Waals surface area (Å²) in [4.78, 5) is 31.1. The zero-order chi connectivity index (χ0) is 27.0. The summed E-state index contributed by atoms with van der Waals surface area (Å²) in [5.41, 5.74) is 2.89. The SMILES string of the molecule is C[C@@H](CONC(=O)c1sc2c(F)cc(=O)n(C)c2c1Nc1ccc(Br)cc1Cl)O[Si](C)(C)C(C)(C)C. The van der Waals surface area contributed by atoms with E-state index in [4.69, 9.17) is 20.9 Å². The summed E-state index contributed by atoms with van der Waals surface area (Å²) in [6, 6.07) is 6.07. The molecule has 0 bridgehead atoms. The fraction of sp³-hybridized carbons (Fsp3) is 0.417. The quantitative estimate of drug-likeness (QED) is 0.211. The first-order valence-electron chi connectivity index (χ1n) is 11.3. The van der Waals surface area contributed by atoms with Gasteiger partial charge in [-0.05, 0) is 43.3 Å². The summed E-state index contributed by atoms with van der Waals surface area (Å²) >= 11 is 10.6. The average molecular weight is 619 g/mol. The molecule has 0 radical (unpaired) electrons. The van der Waals surface area contributed by atoms with E-state index in [2.05, 4.69) is 60.6 Å². The van der Waals surface area contributed by atoms with Crippen molar-refractivity contribution in [3.05, 3.63) is 54.8 Å². The molecule has 0 fully saturated rings. The number of fused-ring (bicyclic) bond motifs is 1. The van der Waals surface area contributed by atoms with E-state index in [1.54, 1.807) is 18.2 Å². The molecule has 0 unspecified atom stereocenters. The lowest BCUT2D eigenvalue weighted by Gasteiger charge is -2.38. The number of aromatic nitrogens is 1. The molecule has 0 saturated heterocycles. The van der Waals surface area contributed by atoms with Crippen molar-refractivity contribution >= 4 is 74.7 Å². The molecule has 3 aromatic rings. The number of carbonyl (C=O) groups excluding carboxylic acids is 1. The summed E-state index contributed by atoms with van der Waals surface area (Å²) in [7, 11) is -0.484. The van der Waals surface area contributed by atoms with Crippen LogP contribution in [0.25, 0.3) is 10.2 Å². The third kappa shape index (κ3) is 6.20. The normalized spacial score (nSPS) is 13.2. The number of hydroxylamine groups is 1. The molecule has 0 aliphatic heterocycles. The molecular weight excluding hydrogens is 589 g/mol. The average Bonchev–Trinajstić information content (AvgIpc) is 3.13. The predicted octanol–water partition coefficient (Wildman–Crippen LogP) is 6.97. The first-order valence-corrected chi connectivity index (χ1v) is 16.2. The smallest absolute Gasteiger partial charge is 0.287 e. The summed E-state index contributed by atoms with van der Waals surface area (Å²) in [6.45, 7) is 12.8. The minimum atomic E-state index is -2.00. The topological polar surface area (TPSA) is 81.6 Å². The number of carbonyl (C=O) groups is 1. The second-order valence-electron chi connectivity index (χ2n) is 10.1. The van der Waals surface area contributed by atoms with Gasteiger partial charge >= 0.3 is 0 Å². The lowest BCUT2D eigenvalue weighted by Crippen LogP contribution is -2.44. The van der Waals surface area contributed by atoms with Crippen molar-refractivity contribution < 1.29 is 18.4 Å². The van der Waals surface area contributed by atoms with Crippen LogP contribution in [0.15, 0.2) is 33.5 Å².